The van der Waals surface area contributed by atoms with Gasteiger partial charge >= 0.3 is 25.8 Å². The smallest absolute Gasteiger partial charge is 1.00 e. The van der Waals surface area contributed by atoms with E-state index in [0.717, 1.165) is 8.58 Å². The molecule has 0 saturated heterocycles. The fraction of sp³-hybridized carbons (Fsp3) is 0.0769. The molecule has 0 aliphatic heterocycles. The molecule has 150 valence electrons. The molecule has 0 bridgehead atoms. The molecular formula is C26H23Cl2HfP. The van der Waals surface area contributed by atoms with Crippen LogP contribution in [0.2, 0.25) is 0 Å². The molecule has 1 atom stereocenters. The Labute approximate surface area is 212 Å². The topological polar surface area (TPSA) is 0 Å². The largest absolute Gasteiger partial charge is 4.00 e. The Kier molecular flexibility index (Phi) is 11.2. The van der Waals surface area contributed by atoms with Gasteiger partial charge in [-0.15, -0.1) is 80.9 Å². The summed E-state index contributed by atoms with van der Waals surface area (Å²) in [6.45, 7) is 4.31. The van der Waals surface area contributed by atoms with Gasteiger partial charge in [0.25, 0.3) is 0 Å². The van der Waals surface area contributed by atoms with Crippen molar-refractivity contribution in [2.75, 3.05) is 0 Å². The summed E-state index contributed by atoms with van der Waals surface area (Å²) in [6.07, 6.45) is 0. The van der Waals surface area contributed by atoms with E-state index in [-0.39, 0.29) is 50.7 Å². The van der Waals surface area contributed by atoms with Crippen LogP contribution in [0.5, 0.6) is 0 Å². The quantitative estimate of drug-likeness (QED) is 0.153. The van der Waals surface area contributed by atoms with Crippen molar-refractivity contribution in [1.82, 2.24) is 0 Å². The van der Waals surface area contributed by atoms with Crippen molar-refractivity contribution in [3.8, 4) is 0 Å². The molecule has 5 aromatic carbocycles. The molecule has 1 unspecified atom stereocenters. The second kappa shape index (κ2) is 12.6. The second-order valence-electron chi connectivity index (χ2n) is 6.97. The Bertz CT molecular complexity index is 1120. The molecule has 0 amide bonds. The van der Waals surface area contributed by atoms with Crippen molar-refractivity contribution in [3.05, 3.63) is 108 Å². The Hall–Kier alpha value is -1.24. The molecule has 0 aliphatic rings. The van der Waals surface area contributed by atoms with Crippen LogP contribution < -0.4 is 35.4 Å². The van der Waals surface area contributed by atoms with Gasteiger partial charge in [-0.25, -0.2) is 0 Å². The maximum Gasteiger partial charge on any atom is 4.00 e. The molecule has 0 saturated carbocycles. The van der Waals surface area contributed by atoms with Gasteiger partial charge < -0.3 is 24.8 Å². The van der Waals surface area contributed by atoms with E-state index in [4.69, 9.17) is 0 Å². The summed E-state index contributed by atoms with van der Waals surface area (Å²) in [5.74, 6) is 0. The van der Waals surface area contributed by atoms with E-state index in [1.165, 1.54) is 43.3 Å². The first kappa shape index (κ1) is 26.8. The standard InChI is InChI=1S/C16H14P.C10H9.2ClH.Hf/c1-12-6-2-5-9-16(12)17-15-10-13-7-3-4-8-14(13)11-15;1-8-6-9-4-2-3-5-10(9)7-8;;;/h2-11,17H,1H3;2-7H,1H3;2*1H;/q2*-1;;;+4/p-2. The van der Waals surface area contributed by atoms with Gasteiger partial charge in [-0.1, -0.05) is 51.9 Å². The van der Waals surface area contributed by atoms with Crippen LogP contribution in [0.3, 0.4) is 0 Å². The van der Waals surface area contributed by atoms with E-state index >= 15 is 0 Å². The molecule has 0 aliphatic carbocycles. The van der Waals surface area contributed by atoms with Gasteiger partial charge in [0.2, 0.25) is 0 Å². The predicted octanol–water partition coefficient (Wildman–Crippen LogP) is 0.369. The molecule has 4 heteroatoms. The minimum Gasteiger partial charge on any atom is -1.00 e. The van der Waals surface area contributed by atoms with E-state index in [2.05, 4.69) is 111 Å². The third-order valence-corrected chi connectivity index (χ3v) is 6.21. The van der Waals surface area contributed by atoms with Gasteiger partial charge in [-0.3, -0.25) is 0 Å². The number of aryl methyl sites for hydroxylation is 2. The molecule has 0 spiro atoms. The fourth-order valence-corrected chi connectivity index (χ4v) is 4.62. The number of rotatable bonds is 2. The second-order valence-corrected chi connectivity index (χ2v) is 8.34. The SMILES string of the molecule is Cc1cc2ccccc2[cH-]1.Cc1ccccc1Pc1cc2ccccc2[cH-]1.[Cl-].[Cl-].[Hf+4]. The summed E-state index contributed by atoms with van der Waals surface area (Å²) in [6, 6.07) is 34.6. The van der Waals surface area contributed by atoms with Gasteiger partial charge in [0.15, 0.2) is 0 Å². The minimum atomic E-state index is 0. The van der Waals surface area contributed by atoms with Crippen molar-refractivity contribution in [2.45, 2.75) is 13.8 Å². The molecule has 0 radical (unpaired) electrons. The van der Waals surface area contributed by atoms with Crippen molar-refractivity contribution >= 4 is 40.7 Å². The van der Waals surface area contributed by atoms with Gasteiger partial charge in [-0.2, -0.15) is 12.1 Å². The Balaban J connectivity index is 0.000000302. The molecule has 0 nitrogen and oxygen atoms in total. The third kappa shape index (κ3) is 6.63. The zero-order valence-electron chi connectivity index (χ0n) is 17.0. The average Bonchev–Trinajstić information content (AvgIpc) is 3.25. The Morgan fingerprint density at radius 3 is 1.77 bits per heavy atom. The molecule has 30 heavy (non-hydrogen) atoms. The van der Waals surface area contributed by atoms with Crippen LogP contribution in [-0.2, 0) is 25.8 Å². The maximum atomic E-state index is 2.31. The number of hydrogen-bond donors (Lipinski definition) is 0. The van der Waals surface area contributed by atoms with Gasteiger partial charge in [0.1, 0.15) is 0 Å². The molecule has 5 rings (SSSR count). The predicted molar refractivity (Wildman–Crippen MR) is 123 cm³/mol. The third-order valence-electron chi connectivity index (χ3n) is 4.80. The van der Waals surface area contributed by atoms with Crippen LogP contribution in [0.1, 0.15) is 11.1 Å². The normalized spacial score (nSPS) is 10.1. The van der Waals surface area contributed by atoms with E-state index in [0.29, 0.717) is 0 Å². The summed E-state index contributed by atoms with van der Waals surface area (Å²) in [4.78, 5) is 0. The zero-order chi connectivity index (χ0) is 18.6. The van der Waals surface area contributed by atoms with E-state index < -0.39 is 0 Å². The van der Waals surface area contributed by atoms with Crippen LogP contribution in [0.15, 0.2) is 97.1 Å². The number of halogens is 2. The molecule has 0 fully saturated rings. The fourth-order valence-electron chi connectivity index (χ4n) is 3.40. The average molecular weight is 616 g/mol. The van der Waals surface area contributed by atoms with Crippen molar-refractivity contribution in [3.63, 3.8) is 0 Å². The maximum absolute atomic E-state index is 2.31. The summed E-state index contributed by atoms with van der Waals surface area (Å²) in [5, 5.41) is 8.27. The summed E-state index contributed by atoms with van der Waals surface area (Å²) in [5.41, 5.74) is 2.73. The van der Waals surface area contributed by atoms with E-state index in [1.54, 1.807) is 0 Å². The van der Waals surface area contributed by atoms with Crippen LogP contribution in [0.25, 0.3) is 21.5 Å². The van der Waals surface area contributed by atoms with Crippen molar-refractivity contribution in [2.24, 2.45) is 0 Å². The van der Waals surface area contributed by atoms with Crippen LogP contribution in [0.4, 0.5) is 0 Å². The zero-order valence-corrected chi connectivity index (χ0v) is 23.1. The van der Waals surface area contributed by atoms with Crippen LogP contribution >= 0.6 is 8.58 Å². The minimum absolute atomic E-state index is 0. The molecule has 0 heterocycles. The summed E-state index contributed by atoms with van der Waals surface area (Å²) >= 11 is 0. The molecular weight excluding hydrogens is 593 g/mol. The molecule has 0 aromatic heterocycles. The number of benzene rings is 3. The molecule has 0 N–H and O–H groups in total. The van der Waals surface area contributed by atoms with Gasteiger partial charge in [-0.05, 0) is 17.8 Å². The number of fused-ring (bicyclic) bond motifs is 2. The molecule has 5 aromatic rings. The van der Waals surface area contributed by atoms with Crippen molar-refractivity contribution in [1.29, 1.82) is 0 Å². The van der Waals surface area contributed by atoms with Crippen molar-refractivity contribution < 1.29 is 50.7 Å². The first-order valence-electron chi connectivity index (χ1n) is 9.29. The van der Waals surface area contributed by atoms with Crippen LogP contribution in [0, 0.1) is 13.8 Å². The monoisotopic (exact) mass is 616 g/mol. The summed E-state index contributed by atoms with van der Waals surface area (Å²) < 4.78 is 0. The Morgan fingerprint density at radius 1 is 0.633 bits per heavy atom. The van der Waals surface area contributed by atoms with Crippen LogP contribution in [-0.4, -0.2) is 0 Å². The number of hydrogen-bond acceptors (Lipinski definition) is 0. The first-order chi connectivity index (χ1) is 13.2. The summed E-state index contributed by atoms with van der Waals surface area (Å²) in [7, 11) is 0.759. The van der Waals surface area contributed by atoms with Gasteiger partial charge in [0.05, 0.1) is 0 Å². The van der Waals surface area contributed by atoms with E-state index in [1.807, 2.05) is 0 Å². The van der Waals surface area contributed by atoms with E-state index in [9.17, 15) is 0 Å². The van der Waals surface area contributed by atoms with Gasteiger partial charge in [0, 0.05) is 0 Å². The Morgan fingerprint density at radius 2 is 1.17 bits per heavy atom. The first-order valence-corrected chi connectivity index (χ1v) is 10.3.